The van der Waals surface area contributed by atoms with Crippen molar-refractivity contribution in [3.8, 4) is 0 Å². The molecule has 0 amide bonds. The number of unbranched alkanes of at least 4 members (excludes halogenated alkanes) is 1. The zero-order chi connectivity index (χ0) is 13.0. The molecule has 0 atom stereocenters. The summed E-state index contributed by atoms with van der Waals surface area (Å²) >= 11 is 0. The van der Waals surface area contributed by atoms with Gasteiger partial charge >= 0.3 is 0 Å². The lowest BCUT2D eigenvalue weighted by molar-refractivity contribution is 0.222. The van der Waals surface area contributed by atoms with Gasteiger partial charge in [-0.15, -0.1) is 0 Å². The largest absolute Gasteiger partial charge is 0.396 e. The fourth-order valence-corrected chi connectivity index (χ4v) is 2.00. The number of aromatic nitrogens is 2. The van der Waals surface area contributed by atoms with Gasteiger partial charge in [0.15, 0.2) is 5.82 Å². The molecule has 1 saturated carbocycles. The third-order valence-electron chi connectivity index (χ3n) is 3.24. The zero-order valence-corrected chi connectivity index (χ0v) is 11.3. The van der Waals surface area contributed by atoms with E-state index >= 15 is 0 Å². The predicted octanol–water partition coefficient (Wildman–Crippen LogP) is 1.93. The highest BCUT2D eigenvalue weighted by Gasteiger charge is 2.29. The molecule has 18 heavy (non-hydrogen) atoms. The lowest BCUT2D eigenvalue weighted by Crippen LogP contribution is -2.27. The van der Waals surface area contributed by atoms with Crippen molar-refractivity contribution in [1.29, 1.82) is 0 Å². The summed E-state index contributed by atoms with van der Waals surface area (Å²) in [4.78, 5) is 6.83. The second-order valence-electron chi connectivity index (χ2n) is 5.34. The van der Waals surface area contributed by atoms with Crippen LogP contribution in [0.1, 0.15) is 57.2 Å². The quantitative estimate of drug-likeness (QED) is 0.717. The maximum Gasteiger partial charge on any atom is 0.229 e. The molecule has 1 N–H and O–H groups in total. The third kappa shape index (κ3) is 3.78. The van der Waals surface area contributed by atoms with Crippen molar-refractivity contribution in [2.45, 2.75) is 58.0 Å². The van der Waals surface area contributed by atoms with Crippen molar-refractivity contribution >= 4 is 0 Å². The summed E-state index contributed by atoms with van der Waals surface area (Å²) in [5, 5.41) is 12.9. The summed E-state index contributed by atoms with van der Waals surface area (Å²) in [6.07, 6.45) is 4.44. The maximum absolute atomic E-state index is 8.83. The summed E-state index contributed by atoms with van der Waals surface area (Å²) in [6.45, 7) is 6.16. The van der Waals surface area contributed by atoms with E-state index in [1.165, 1.54) is 12.8 Å². The van der Waals surface area contributed by atoms with Gasteiger partial charge in [0.05, 0.1) is 6.54 Å². The van der Waals surface area contributed by atoms with E-state index in [1.807, 2.05) is 0 Å². The molecule has 5 nitrogen and oxygen atoms in total. The smallest absolute Gasteiger partial charge is 0.229 e. The Balaban J connectivity index is 1.87. The van der Waals surface area contributed by atoms with Gasteiger partial charge in [0, 0.05) is 18.6 Å². The molecule has 0 spiro atoms. The van der Waals surface area contributed by atoms with E-state index in [9.17, 15) is 0 Å². The van der Waals surface area contributed by atoms with Crippen molar-refractivity contribution < 1.29 is 9.63 Å². The van der Waals surface area contributed by atoms with Crippen LogP contribution in [0.15, 0.2) is 4.52 Å². The van der Waals surface area contributed by atoms with E-state index in [4.69, 9.17) is 9.63 Å². The third-order valence-corrected chi connectivity index (χ3v) is 3.24. The first-order chi connectivity index (χ1) is 8.70. The molecule has 1 aliphatic rings. The summed E-state index contributed by atoms with van der Waals surface area (Å²) in [7, 11) is 0. The molecule has 1 aliphatic carbocycles. The number of nitrogens with zero attached hydrogens (tertiary/aromatic N) is 3. The van der Waals surface area contributed by atoms with Crippen LogP contribution in [-0.2, 0) is 6.54 Å². The Kier molecular flexibility index (Phi) is 4.72. The highest BCUT2D eigenvalue weighted by molar-refractivity contribution is 4.93. The minimum Gasteiger partial charge on any atom is -0.396 e. The van der Waals surface area contributed by atoms with Gasteiger partial charge in [0.1, 0.15) is 0 Å². The van der Waals surface area contributed by atoms with Crippen molar-refractivity contribution in [2.75, 3.05) is 13.2 Å². The van der Waals surface area contributed by atoms with Crippen LogP contribution >= 0.6 is 0 Å². The first-order valence-electron chi connectivity index (χ1n) is 6.88. The Labute approximate surface area is 108 Å². The fraction of sp³-hybridized carbons (Fsp3) is 0.846. The lowest BCUT2D eigenvalue weighted by Gasteiger charge is -2.19. The first-order valence-corrected chi connectivity index (χ1v) is 6.88. The number of aliphatic hydroxyl groups excluding tert-OH is 1. The average Bonchev–Trinajstić information content (AvgIpc) is 3.08. The van der Waals surface area contributed by atoms with Gasteiger partial charge in [-0.1, -0.05) is 19.0 Å². The Hall–Kier alpha value is -0.940. The molecule has 5 heteroatoms. The van der Waals surface area contributed by atoms with Gasteiger partial charge in [0.25, 0.3) is 0 Å². The number of aliphatic hydroxyl groups is 1. The predicted molar refractivity (Wildman–Crippen MR) is 68.1 cm³/mol. The van der Waals surface area contributed by atoms with Crippen LogP contribution in [0, 0.1) is 0 Å². The van der Waals surface area contributed by atoms with Crippen LogP contribution in [0.4, 0.5) is 0 Å². The monoisotopic (exact) mass is 253 g/mol. The first kappa shape index (κ1) is 13.5. The van der Waals surface area contributed by atoms with Crippen molar-refractivity contribution in [1.82, 2.24) is 15.0 Å². The Bertz CT molecular complexity index is 361. The van der Waals surface area contributed by atoms with E-state index in [0.29, 0.717) is 6.04 Å². The van der Waals surface area contributed by atoms with Crippen molar-refractivity contribution in [2.24, 2.45) is 0 Å². The number of hydrogen-bond donors (Lipinski definition) is 1. The van der Waals surface area contributed by atoms with Crippen LogP contribution < -0.4 is 0 Å². The second kappa shape index (κ2) is 6.29. The Morgan fingerprint density at radius 2 is 2.17 bits per heavy atom. The molecular formula is C13H23N3O2. The SMILES string of the molecule is CC(C)c1nc(CN(CCCCO)C2CC2)no1. The van der Waals surface area contributed by atoms with Gasteiger partial charge in [0.2, 0.25) is 5.89 Å². The van der Waals surface area contributed by atoms with Crippen LogP contribution in [-0.4, -0.2) is 39.3 Å². The van der Waals surface area contributed by atoms with Gasteiger partial charge in [-0.2, -0.15) is 4.98 Å². The minimum atomic E-state index is 0.276. The summed E-state index contributed by atoms with van der Waals surface area (Å²) in [5.41, 5.74) is 0. The molecule has 102 valence electrons. The van der Waals surface area contributed by atoms with Crippen molar-refractivity contribution in [3.63, 3.8) is 0 Å². The summed E-state index contributed by atoms with van der Waals surface area (Å²) in [5.74, 6) is 1.79. The highest BCUT2D eigenvalue weighted by atomic mass is 16.5. The molecule has 0 saturated heterocycles. The van der Waals surface area contributed by atoms with Gasteiger partial charge < -0.3 is 9.63 Å². The molecule has 1 aromatic heterocycles. The van der Waals surface area contributed by atoms with Gasteiger partial charge in [-0.3, -0.25) is 4.90 Å². The van der Waals surface area contributed by atoms with E-state index < -0.39 is 0 Å². The average molecular weight is 253 g/mol. The van der Waals surface area contributed by atoms with E-state index in [2.05, 4.69) is 28.9 Å². The van der Waals surface area contributed by atoms with Crippen LogP contribution in [0.5, 0.6) is 0 Å². The second-order valence-corrected chi connectivity index (χ2v) is 5.34. The lowest BCUT2D eigenvalue weighted by atomic mass is 10.2. The summed E-state index contributed by atoms with van der Waals surface area (Å²) in [6, 6.07) is 0.685. The Morgan fingerprint density at radius 1 is 1.39 bits per heavy atom. The normalized spacial score (nSPS) is 15.8. The minimum absolute atomic E-state index is 0.276. The molecule has 0 aliphatic heterocycles. The fourth-order valence-electron chi connectivity index (χ4n) is 2.00. The number of hydrogen-bond acceptors (Lipinski definition) is 5. The Morgan fingerprint density at radius 3 is 2.72 bits per heavy atom. The van der Waals surface area contributed by atoms with Gasteiger partial charge in [-0.25, -0.2) is 0 Å². The van der Waals surface area contributed by atoms with Crippen molar-refractivity contribution in [3.05, 3.63) is 11.7 Å². The zero-order valence-electron chi connectivity index (χ0n) is 11.3. The molecule has 1 fully saturated rings. The van der Waals surface area contributed by atoms with Crippen LogP contribution in [0.25, 0.3) is 0 Å². The maximum atomic E-state index is 8.83. The van der Waals surface area contributed by atoms with E-state index in [0.717, 1.165) is 37.6 Å². The molecule has 0 aromatic carbocycles. The van der Waals surface area contributed by atoms with Crippen LogP contribution in [0.2, 0.25) is 0 Å². The highest BCUT2D eigenvalue weighted by Crippen LogP contribution is 2.28. The van der Waals surface area contributed by atoms with E-state index in [1.54, 1.807) is 0 Å². The molecule has 1 aromatic rings. The van der Waals surface area contributed by atoms with Crippen LogP contribution in [0.3, 0.4) is 0 Å². The standard InChI is InChI=1S/C13H23N3O2/c1-10(2)13-14-12(15-18-13)9-16(11-5-6-11)7-3-4-8-17/h10-11,17H,3-9H2,1-2H3. The molecule has 1 heterocycles. The molecule has 0 radical (unpaired) electrons. The molecular weight excluding hydrogens is 230 g/mol. The van der Waals surface area contributed by atoms with Gasteiger partial charge in [-0.05, 0) is 32.2 Å². The number of rotatable bonds is 8. The molecule has 0 unspecified atom stereocenters. The topological polar surface area (TPSA) is 62.4 Å². The summed E-state index contributed by atoms with van der Waals surface area (Å²) < 4.78 is 5.22. The van der Waals surface area contributed by atoms with E-state index in [-0.39, 0.29) is 12.5 Å². The molecule has 2 rings (SSSR count). The molecule has 0 bridgehead atoms.